The molecule has 0 aromatic carbocycles. The van der Waals surface area contributed by atoms with Crippen LogP contribution in [0.1, 0.15) is 5.69 Å². The maximum Gasteiger partial charge on any atom is 0.232 e. The summed E-state index contributed by atoms with van der Waals surface area (Å²) in [6.07, 6.45) is 4.86. The first-order chi connectivity index (χ1) is 5.58. The minimum Gasteiger partial charge on any atom is -0.261 e. The number of aryl methyl sites for hydroxylation is 1. The molecule has 1 aromatic heterocycles. The van der Waals surface area contributed by atoms with Crippen LogP contribution in [0.3, 0.4) is 0 Å². The van der Waals surface area contributed by atoms with Gasteiger partial charge in [-0.2, -0.15) is 0 Å². The first-order valence-electron chi connectivity index (χ1n) is 3.25. The van der Waals surface area contributed by atoms with E-state index in [1.165, 1.54) is 18.6 Å². The molecule has 66 valence electrons. The van der Waals surface area contributed by atoms with Crippen molar-refractivity contribution in [3.05, 3.63) is 24.3 Å². The number of hydrogen-bond donors (Lipinski definition) is 0. The van der Waals surface area contributed by atoms with Crippen LogP contribution in [-0.2, 0) is 15.5 Å². The molecule has 0 saturated carbocycles. The fraction of sp³-hybridized carbons (Fsp3) is 0.333. The van der Waals surface area contributed by atoms with E-state index in [1.54, 1.807) is 0 Å². The van der Waals surface area contributed by atoms with Gasteiger partial charge in [-0.15, -0.1) is 0 Å². The van der Waals surface area contributed by atoms with Crippen LogP contribution >= 0.6 is 10.7 Å². The molecule has 0 N–H and O–H groups in total. The maximum atomic E-state index is 10.5. The lowest BCUT2D eigenvalue weighted by atomic mass is 10.4. The molecule has 12 heavy (non-hydrogen) atoms. The molecule has 0 spiro atoms. The van der Waals surface area contributed by atoms with E-state index < -0.39 is 9.05 Å². The van der Waals surface area contributed by atoms with Crippen LogP contribution in [0.4, 0.5) is 0 Å². The van der Waals surface area contributed by atoms with Crippen LogP contribution in [0, 0.1) is 0 Å². The molecule has 0 aliphatic heterocycles. The normalized spacial score (nSPS) is 11.4. The SMILES string of the molecule is O=S(=O)(Cl)CCc1cnccn1. The Morgan fingerprint density at radius 2 is 2.17 bits per heavy atom. The van der Waals surface area contributed by atoms with Crippen LogP contribution < -0.4 is 0 Å². The summed E-state index contributed by atoms with van der Waals surface area (Å²) in [5.41, 5.74) is 0.627. The zero-order valence-electron chi connectivity index (χ0n) is 6.14. The smallest absolute Gasteiger partial charge is 0.232 e. The van der Waals surface area contributed by atoms with Crippen molar-refractivity contribution in [2.45, 2.75) is 6.42 Å². The van der Waals surface area contributed by atoms with E-state index in [0.717, 1.165) is 0 Å². The Bertz CT molecular complexity index is 338. The van der Waals surface area contributed by atoms with E-state index in [4.69, 9.17) is 10.7 Å². The molecule has 0 saturated heterocycles. The number of nitrogens with zero attached hydrogens (tertiary/aromatic N) is 2. The summed E-state index contributed by atoms with van der Waals surface area (Å²) in [6.45, 7) is 0. The second-order valence-electron chi connectivity index (χ2n) is 2.19. The molecule has 1 heterocycles. The topological polar surface area (TPSA) is 59.9 Å². The van der Waals surface area contributed by atoms with Crippen molar-refractivity contribution < 1.29 is 8.42 Å². The van der Waals surface area contributed by atoms with Crippen molar-refractivity contribution in [2.75, 3.05) is 5.75 Å². The van der Waals surface area contributed by atoms with E-state index in [2.05, 4.69) is 9.97 Å². The molecule has 1 aromatic rings. The predicted octanol–water partition coefficient (Wildman–Crippen LogP) is 0.588. The monoisotopic (exact) mass is 206 g/mol. The van der Waals surface area contributed by atoms with Gasteiger partial charge in [0, 0.05) is 35.7 Å². The number of hydrogen-bond acceptors (Lipinski definition) is 4. The van der Waals surface area contributed by atoms with Gasteiger partial charge in [0.05, 0.1) is 11.4 Å². The molecule has 0 fully saturated rings. The Hall–Kier alpha value is -0.680. The average Bonchev–Trinajstić information content (AvgIpc) is 2.02. The standard InChI is InChI=1S/C6H7ClN2O2S/c7-12(10,11)4-1-6-5-8-2-3-9-6/h2-3,5H,1,4H2. The van der Waals surface area contributed by atoms with E-state index in [9.17, 15) is 8.42 Å². The minimum absolute atomic E-state index is 0.104. The first-order valence-corrected chi connectivity index (χ1v) is 5.73. The Morgan fingerprint density at radius 3 is 2.67 bits per heavy atom. The third kappa shape index (κ3) is 3.64. The van der Waals surface area contributed by atoms with Crippen LogP contribution in [0.5, 0.6) is 0 Å². The van der Waals surface area contributed by atoms with Gasteiger partial charge in [0.1, 0.15) is 0 Å². The van der Waals surface area contributed by atoms with Crippen molar-refractivity contribution in [1.82, 2.24) is 9.97 Å². The lowest BCUT2D eigenvalue weighted by Gasteiger charge is -1.95. The van der Waals surface area contributed by atoms with Crippen molar-refractivity contribution >= 4 is 19.7 Å². The van der Waals surface area contributed by atoms with Crippen molar-refractivity contribution in [3.63, 3.8) is 0 Å². The first kappa shape index (κ1) is 9.41. The molecular weight excluding hydrogens is 200 g/mol. The third-order valence-electron chi connectivity index (χ3n) is 1.22. The third-order valence-corrected chi connectivity index (χ3v) is 2.37. The van der Waals surface area contributed by atoms with Gasteiger partial charge in [-0.05, 0) is 0 Å². The van der Waals surface area contributed by atoms with E-state index >= 15 is 0 Å². The Morgan fingerprint density at radius 1 is 1.42 bits per heavy atom. The summed E-state index contributed by atoms with van der Waals surface area (Å²) in [5.74, 6) is -0.104. The second kappa shape index (κ2) is 3.82. The Labute approximate surface area is 75.0 Å². The number of aromatic nitrogens is 2. The molecule has 6 heteroatoms. The highest BCUT2D eigenvalue weighted by Gasteiger charge is 2.05. The molecule has 0 aliphatic rings. The lowest BCUT2D eigenvalue weighted by molar-refractivity contribution is 0.608. The lowest BCUT2D eigenvalue weighted by Crippen LogP contribution is -2.02. The summed E-state index contributed by atoms with van der Waals surface area (Å²) < 4.78 is 21.0. The van der Waals surface area contributed by atoms with Gasteiger partial charge in [0.2, 0.25) is 9.05 Å². The molecule has 0 unspecified atom stereocenters. The zero-order valence-corrected chi connectivity index (χ0v) is 7.72. The van der Waals surface area contributed by atoms with Gasteiger partial charge in [0.25, 0.3) is 0 Å². The zero-order chi connectivity index (χ0) is 9.03. The highest BCUT2D eigenvalue weighted by Crippen LogP contribution is 2.00. The van der Waals surface area contributed by atoms with E-state index in [1.807, 2.05) is 0 Å². The maximum absolute atomic E-state index is 10.5. The fourth-order valence-corrected chi connectivity index (χ4v) is 1.37. The highest BCUT2D eigenvalue weighted by molar-refractivity contribution is 8.13. The molecule has 0 bridgehead atoms. The second-order valence-corrected chi connectivity index (χ2v) is 5.09. The number of rotatable bonds is 3. The minimum atomic E-state index is -3.42. The van der Waals surface area contributed by atoms with Gasteiger partial charge >= 0.3 is 0 Å². The Balaban J connectivity index is 2.56. The molecule has 0 atom stereocenters. The average molecular weight is 207 g/mol. The van der Waals surface area contributed by atoms with Gasteiger partial charge in [-0.3, -0.25) is 9.97 Å². The van der Waals surface area contributed by atoms with Gasteiger partial charge in [-0.1, -0.05) is 0 Å². The molecule has 0 aliphatic carbocycles. The number of halogens is 1. The van der Waals surface area contributed by atoms with E-state index in [0.29, 0.717) is 12.1 Å². The van der Waals surface area contributed by atoms with E-state index in [-0.39, 0.29) is 5.75 Å². The summed E-state index contributed by atoms with van der Waals surface area (Å²) in [7, 11) is 1.59. The molecule has 0 radical (unpaired) electrons. The highest BCUT2D eigenvalue weighted by atomic mass is 35.7. The van der Waals surface area contributed by atoms with Gasteiger partial charge in [0.15, 0.2) is 0 Å². The molecule has 0 amide bonds. The van der Waals surface area contributed by atoms with Crippen molar-refractivity contribution in [3.8, 4) is 0 Å². The summed E-state index contributed by atoms with van der Waals surface area (Å²) in [5, 5.41) is 0. The molecule has 4 nitrogen and oxygen atoms in total. The molecular formula is C6H7ClN2O2S. The van der Waals surface area contributed by atoms with Crippen molar-refractivity contribution in [2.24, 2.45) is 0 Å². The van der Waals surface area contributed by atoms with Crippen LogP contribution in [-0.4, -0.2) is 24.1 Å². The summed E-state index contributed by atoms with van der Waals surface area (Å²) in [4.78, 5) is 7.68. The van der Waals surface area contributed by atoms with Crippen LogP contribution in [0.15, 0.2) is 18.6 Å². The quantitative estimate of drug-likeness (QED) is 0.680. The van der Waals surface area contributed by atoms with Crippen LogP contribution in [0.25, 0.3) is 0 Å². The summed E-state index contributed by atoms with van der Waals surface area (Å²) >= 11 is 0. The largest absolute Gasteiger partial charge is 0.261 e. The van der Waals surface area contributed by atoms with Crippen LogP contribution in [0.2, 0.25) is 0 Å². The Kier molecular flexibility index (Phi) is 2.99. The van der Waals surface area contributed by atoms with Gasteiger partial charge in [-0.25, -0.2) is 8.42 Å². The van der Waals surface area contributed by atoms with Gasteiger partial charge < -0.3 is 0 Å². The molecule has 1 rings (SSSR count). The fourth-order valence-electron chi connectivity index (χ4n) is 0.686. The van der Waals surface area contributed by atoms with Crippen molar-refractivity contribution in [1.29, 1.82) is 0 Å². The summed E-state index contributed by atoms with van der Waals surface area (Å²) in [6, 6.07) is 0. The predicted molar refractivity (Wildman–Crippen MR) is 45.4 cm³/mol.